The number of carbonyl (C=O) groups excluding carboxylic acids is 1. The van der Waals surface area contributed by atoms with E-state index in [4.69, 9.17) is 0 Å². The molecule has 0 saturated carbocycles. The van der Waals surface area contributed by atoms with Crippen molar-refractivity contribution >= 4 is 5.91 Å². The molecule has 1 atom stereocenters. The summed E-state index contributed by atoms with van der Waals surface area (Å²) in [5.74, 6) is 0.189. The van der Waals surface area contributed by atoms with Gasteiger partial charge in [-0.1, -0.05) is 42.5 Å². The number of hydrogen-bond donors (Lipinski definition) is 0. The van der Waals surface area contributed by atoms with E-state index in [-0.39, 0.29) is 5.91 Å². The normalized spacial score (nSPS) is 23.1. The second-order valence-electron chi connectivity index (χ2n) is 7.55. The molecule has 3 nitrogen and oxygen atoms in total. The van der Waals surface area contributed by atoms with Crippen molar-refractivity contribution in [1.29, 1.82) is 0 Å². The number of benzene rings is 1. The average Bonchev–Trinajstić information content (AvgIpc) is 3.11. The van der Waals surface area contributed by atoms with Crippen LogP contribution in [-0.4, -0.2) is 28.5 Å². The van der Waals surface area contributed by atoms with Crippen molar-refractivity contribution in [1.82, 2.24) is 9.47 Å². The van der Waals surface area contributed by atoms with Gasteiger partial charge in [-0.05, 0) is 55.2 Å². The molecule has 1 aromatic carbocycles. The van der Waals surface area contributed by atoms with Gasteiger partial charge >= 0.3 is 0 Å². The highest BCUT2D eigenvalue weighted by molar-refractivity contribution is 5.93. The summed E-state index contributed by atoms with van der Waals surface area (Å²) < 4.78 is 2.08. The molecule has 2 heterocycles. The van der Waals surface area contributed by atoms with Crippen LogP contribution < -0.4 is 0 Å². The summed E-state index contributed by atoms with van der Waals surface area (Å²) in [6.07, 6.45) is 12.5. The van der Waals surface area contributed by atoms with Gasteiger partial charge in [0, 0.05) is 25.8 Å². The molecule has 0 bridgehead atoms. The lowest BCUT2D eigenvalue weighted by Gasteiger charge is -2.44. The monoisotopic (exact) mass is 334 g/mol. The van der Waals surface area contributed by atoms with Crippen molar-refractivity contribution in [2.75, 3.05) is 13.1 Å². The number of carbonyl (C=O) groups is 1. The Morgan fingerprint density at radius 2 is 1.92 bits per heavy atom. The first-order valence-electron chi connectivity index (χ1n) is 9.39. The first-order chi connectivity index (χ1) is 12.3. The zero-order chi connectivity index (χ0) is 17.1. The summed E-state index contributed by atoms with van der Waals surface area (Å²) in [4.78, 5) is 15.3. The van der Waals surface area contributed by atoms with E-state index in [2.05, 4.69) is 33.8 Å². The lowest BCUT2D eigenvalue weighted by atomic mass is 9.71. The fourth-order valence-electron chi connectivity index (χ4n) is 4.38. The molecule has 1 fully saturated rings. The van der Waals surface area contributed by atoms with E-state index in [1.807, 2.05) is 36.5 Å². The van der Waals surface area contributed by atoms with Crippen LogP contribution in [0.3, 0.4) is 0 Å². The number of rotatable bonds is 3. The third-order valence-corrected chi connectivity index (χ3v) is 5.75. The Morgan fingerprint density at radius 1 is 1.04 bits per heavy atom. The Kier molecular flexibility index (Phi) is 4.48. The summed E-state index contributed by atoms with van der Waals surface area (Å²) in [7, 11) is 0. The predicted molar refractivity (Wildman–Crippen MR) is 101 cm³/mol. The summed E-state index contributed by atoms with van der Waals surface area (Å²) in [6, 6.07) is 14.3. The van der Waals surface area contributed by atoms with Crippen LogP contribution in [0.4, 0.5) is 0 Å². The Balaban J connectivity index is 1.51. The first kappa shape index (κ1) is 16.2. The number of amides is 1. The highest BCUT2D eigenvalue weighted by Crippen LogP contribution is 2.41. The molecule has 1 saturated heterocycles. The van der Waals surface area contributed by atoms with Crippen molar-refractivity contribution in [2.45, 2.75) is 38.6 Å². The Morgan fingerprint density at radius 3 is 2.72 bits per heavy atom. The zero-order valence-corrected chi connectivity index (χ0v) is 14.7. The van der Waals surface area contributed by atoms with E-state index in [1.165, 1.54) is 18.4 Å². The van der Waals surface area contributed by atoms with Gasteiger partial charge in [-0.2, -0.15) is 0 Å². The van der Waals surface area contributed by atoms with E-state index in [0.29, 0.717) is 5.41 Å². The second-order valence-corrected chi connectivity index (χ2v) is 7.55. The highest BCUT2D eigenvalue weighted by Gasteiger charge is 2.37. The molecule has 0 N–H and O–H groups in total. The fourth-order valence-corrected chi connectivity index (χ4v) is 4.38. The summed E-state index contributed by atoms with van der Waals surface area (Å²) in [6.45, 7) is 2.55. The molecule has 1 amide bonds. The van der Waals surface area contributed by atoms with Crippen LogP contribution in [-0.2, 0) is 6.54 Å². The largest absolute Gasteiger partial charge is 0.339 e. The van der Waals surface area contributed by atoms with Gasteiger partial charge in [0.1, 0.15) is 5.69 Å². The number of nitrogens with zero attached hydrogens (tertiary/aromatic N) is 2. The average molecular weight is 334 g/mol. The Bertz CT molecular complexity index is 761. The van der Waals surface area contributed by atoms with E-state index in [0.717, 1.165) is 44.6 Å². The molecule has 1 unspecified atom stereocenters. The van der Waals surface area contributed by atoms with E-state index in [1.54, 1.807) is 0 Å². The second kappa shape index (κ2) is 6.91. The summed E-state index contributed by atoms with van der Waals surface area (Å²) in [5, 5.41) is 0. The maximum atomic E-state index is 13.2. The van der Waals surface area contributed by atoms with E-state index in [9.17, 15) is 4.79 Å². The van der Waals surface area contributed by atoms with Crippen molar-refractivity contribution in [3.8, 4) is 0 Å². The molecule has 1 spiro atoms. The van der Waals surface area contributed by atoms with Crippen LogP contribution in [0.15, 0.2) is 60.8 Å². The molecule has 2 aromatic rings. The number of likely N-dealkylation sites (tertiary alicyclic amines) is 1. The van der Waals surface area contributed by atoms with Gasteiger partial charge in [0.15, 0.2) is 0 Å². The first-order valence-corrected chi connectivity index (χ1v) is 9.39. The van der Waals surface area contributed by atoms with Gasteiger partial charge in [0.2, 0.25) is 0 Å². The standard InChI is InChI=1S/C22H26N2O/c25-21(24-16-8-14-22(18-24)12-5-2-6-13-22)20-11-7-15-23(20)17-19-9-3-1-4-10-19/h1-5,7,9-11,15H,6,8,12-14,16-18H2. The quantitative estimate of drug-likeness (QED) is 0.759. The number of hydrogen-bond acceptors (Lipinski definition) is 1. The van der Waals surface area contributed by atoms with Crippen LogP contribution in [0, 0.1) is 5.41 Å². The Hall–Kier alpha value is -2.29. The Labute approximate surface area is 150 Å². The minimum atomic E-state index is 0.189. The molecule has 1 aromatic heterocycles. The molecule has 1 aliphatic heterocycles. The molecule has 2 aliphatic rings. The molecular weight excluding hydrogens is 308 g/mol. The van der Waals surface area contributed by atoms with Crippen LogP contribution in [0.1, 0.15) is 48.2 Å². The van der Waals surface area contributed by atoms with E-state index >= 15 is 0 Å². The molecule has 3 heteroatoms. The lowest BCUT2D eigenvalue weighted by molar-refractivity contribution is 0.0475. The maximum absolute atomic E-state index is 13.2. The fraction of sp³-hybridized carbons (Fsp3) is 0.409. The third-order valence-electron chi connectivity index (χ3n) is 5.75. The van der Waals surface area contributed by atoms with Crippen molar-refractivity contribution in [2.24, 2.45) is 5.41 Å². The van der Waals surface area contributed by atoms with Gasteiger partial charge in [-0.25, -0.2) is 0 Å². The van der Waals surface area contributed by atoms with Crippen LogP contribution in [0.2, 0.25) is 0 Å². The zero-order valence-electron chi connectivity index (χ0n) is 14.7. The molecule has 130 valence electrons. The topological polar surface area (TPSA) is 25.2 Å². The highest BCUT2D eigenvalue weighted by atomic mass is 16.2. The SMILES string of the molecule is O=C(c1cccn1Cc1ccccc1)N1CCCC2(CC=CCC2)C1. The molecular formula is C22H26N2O. The summed E-state index contributed by atoms with van der Waals surface area (Å²) >= 11 is 0. The van der Waals surface area contributed by atoms with Gasteiger partial charge in [-0.3, -0.25) is 4.79 Å². The molecule has 4 rings (SSSR count). The van der Waals surface area contributed by atoms with Crippen molar-refractivity contribution in [3.63, 3.8) is 0 Å². The molecule has 1 aliphatic carbocycles. The maximum Gasteiger partial charge on any atom is 0.270 e. The van der Waals surface area contributed by atoms with Crippen LogP contribution in [0.5, 0.6) is 0 Å². The smallest absolute Gasteiger partial charge is 0.270 e. The van der Waals surface area contributed by atoms with Gasteiger partial charge < -0.3 is 9.47 Å². The van der Waals surface area contributed by atoms with Crippen molar-refractivity contribution < 1.29 is 4.79 Å². The van der Waals surface area contributed by atoms with Gasteiger partial charge in [0.05, 0.1) is 0 Å². The lowest BCUT2D eigenvalue weighted by Crippen LogP contribution is -2.46. The van der Waals surface area contributed by atoms with Crippen molar-refractivity contribution in [3.05, 3.63) is 72.1 Å². The number of piperidine rings is 1. The number of allylic oxidation sites excluding steroid dienone is 2. The minimum absolute atomic E-state index is 0.189. The third kappa shape index (κ3) is 3.41. The predicted octanol–water partition coefficient (Wildman–Crippen LogP) is 4.50. The van der Waals surface area contributed by atoms with Crippen LogP contribution in [0.25, 0.3) is 0 Å². The van der Waals surface area contributed by atoms with Gasteiger partial charge in [-0.15, -0.1) is 0 Å². The minimum Gasteiger partial charge on any atom is -0.339 e. The van der Waals surface area contributed by atoms with Crippen LogP contribution >= 0.6 is 0 Å². The van der Waals surface area contributed by atoms with E-state index < -0.39 is 0 Å². The number of aromatic nitrogens is 1. The molecule has 0 radical (unpaired) electrons. The summed E-state index contributed by atoms with van der Waals surface area (Å²) in [5.41, 5.74) is 2.35. The van der Waals surface area contributed by atoms with Gasteiger partial charge in [0.25, 0.3) is 5.91 Å². The molecule has 25 heavy (non-hydrogen) atoms.